The van der Waals surface area contributed by atoms with Crippen molar-refractivity contribution in [2.75, 3.05) is 32.8 Å². The van der Waals surface area contributed by atoms with Gasteiger partial charge in [-0.2, -0.15) is 0 Å². The van der Waals surface area contributed by atoms with Crippen LogP contribution in [0.25, 0.3) is 0 Å². The molecule has 3 N–H and O–H groups in total. The number of aliphatic hydroxyl groups excluding tert-OH is 3. The smallest absolute Gasteiger partial charge is 0.338 e. The fourth-order valence-corrected chi connectivity index (χ4v) is 3.26. The van der Waals surface area contributed by atoms with E-state index in [9.17, 15) is 9.59 Å². The van der Waals surface area contributed by atoms with Gasteiger partial charge in [-0.25, -0.2) is 9.59 Å². The molecule has 1 heterocycles. The maximum absolute atomic E-state index is 9.92. The summed E-state index contributed by atoms with van der Waals surface area (Å²) in [6.45, 7) is 14.5. The number of nitrogens with zero attached hydrogens (tertiary/aromatic N) is 1. The summed E-state index contributed by atoms with van der Waals surface area (Å²) in [6, 6.07) is 0. The predicted octanol–water partition coefficient (Wildman–Crippen LogP) is 6.52. The number of carbonyl (C=O) groups excluding carboxylic acids is 2. The Morgan fingerprint density at radius 3 is 1.49 bits per heavy atom. The number of hydrogen-bond acceptors (Lipinski definition) is 7. The number of carbonyl (C=O) groups is 2. The lowest BCUT2D eigenvalue weighted by atomic mass is 10.1. The van der Waals surface area contributed by atoms with E-state index < -0.39 is 11.9 Å². The van der Waals surface area contributed by atoms with Crippen molar-refractivity contribution >= 4 is 11.9 Å². The highest BCUT2D eigenvalue weighted by Crippen LogP contribution is 2.07. The van der Waals surface area contributed by atoms with Gasteiger partial charge in [-0.3, -0.25) is 0 Å². The van der Waals surface area contributed by atoms with Crippen LogP contribution in [0.4, 0.5) is 0 Å². The summed E-state index contributed by atoms with van der Waals surface area (Å²) in [5.41, 5.74) is 0. The number of allylic oxidation sites excluding steroid dienone is 4. The normalized spacial score (nSPS) is 13.1. The number of ether oxygens (including phenoxy) is 1. The second kappa shape index (κ2) is 36.2. The van der Waals surface area contributed by atoms with Gasteiger partial charge >= 0.3 is 11.9 Å². The van der Waals surface area contributed by atoms with Crippen molar-refractivity contribution < 1.29 is 29.6 Å². The Hall–Kier alpha value is -1.80. The number of esters is 2. The van der Waals surface area contributed by atoms with Crippen molar-refractivity contribution in [1.82, 2.24) is 4.90 Å². The van der Waals surface area contributed by atoms with Crippen LogP contribution in [-0.2, 0) is 14.3 Å². The maximum Gasteiger partial charge on any atom is 0.338 e. The molecule has 0 spiro atoms. The van der Waals surface area contributed by atoms with Gasteiger partial charge in [0.25, 0.3) is 0 Å². The van der Waals surface area contributed by atoms with Crippen LogP contribution >= 0.6 is 0 Å². The van der Waals surface area contributed by atoms with Crippen LogP contribution in [-0.4, -0.2) is 71.1 Å². The number of cyclic esters (lactones) is 2. The molecule has 0 aromatic carbocycles. The van der Waals surface area contributed by atoms with E-state index in [0.717, 1.165) is 25.0 Å². The lowest BCUT2D eigenvalue weighted by Gasteiger charge is -2.13. The zero-order valence-electron chi connectivity index (χ0n) is 25.8. The van der Waals surface area contributed by atoms with Crippen molar-refractivity contribution in [3.63, 3.8) is 0 Å². The minimum atomic E-state index is -0.579. The van der Waals surface area contributed by atoms with Crippen LogP contribution in [0.2, 0.25) is 0 Å². The highest BCUT2D eigenvalue weighted by Gasteiger charge is 2.10. The molecule has 230 valence electrons. The molecule has 0 aromatic rings. The summed E-state index contributed by atoms with van der Waals surface area (Å²) in [4.78, 5) is 22.2. The van der Waals surface area contributed by atoms with Crippen molar-refractivity contribution in [3.05, 3.63) is 36.5 Å². The van der Waals surface area contributed by atoms with Gasteiger partial charge in [0, 0.05) is 25.4 Å². The van der Waals surface area contributed by atoms with E-state index in [1.54, 1.807) is 6.92 Å². The Morgan fingerprint density at radius 1 is 0.718 bits per heavy atom. The highest BCUT2D eigenvalue weighted by molar-refractivity contribution is 6.04. The van der Waals surface area contributed by atoms with Gasteiger partial charge < -0.3 is 25.0 Å². The lowest BCUT2D eigenvalue weighted by Crippen LogP contribution is -2.21. The second-order valence-corrected chi connectivity index (χ2v) is 9.36. The number of rotatable bonds is 19. The summed E-state index contributed by atoms with van der Waals surface area (Å²) >= 11 is 0. The fraction of sp³-hybridized carbons (Fsp3) is 0.750. The van der Waals surface area contributed by atoms with E-state index in [-0.39, 0.29) is 12.7 Å². The van der Waals surface area contributed by atoms with Gasteiger partial charge in [0.1, 0.15) is 0 Å². The zero-order valence-corrected chi connectivity index (χ0v) is 25.8. The molecule has 1 aliphatic heterocycles. The van der Waals surface area contributed by atoms with Gasteiger partial charge in [0.15, 0.2) is 0 Å². The molecule has 7 heteroatoms. The molecule has 0 saturated carbocycles. The van der Waals surface area contributed by atoms with Crippen LogP contribution in [0.15, 0.2) is 36.5 Å². The van der Waals surface area contributed by atoms with Gasteiger partial charge in [-0.15, -0.1) is 0 Å². The standard InChI is InChI=1S/C18H34O.C6H15N.C4H2O3.C4H10O2/c1-2-3-4-5-6-7-8-9-10-11-12-13-14-15-16-17-18-19;1-4-7(5-2)6-3;5-3-1-2-4(6)7-3;1-4(6)2-3-5/h6-7,9-10,19H,2-5,8,11-18H2,1H3;4-6H2,1-3H3;1-2H;4-6H,2-3H2,1H3/b7-6-,10-9-;;;. The first kappa shape index (κ1) is 41.7. The molecule has 0 aliphatic carbocycles. The van der Waals surface area contributed by atoms with Gasteiger partial charge in [0.05, 0.1) is 6.10 Å². The van der Waals surface area contributed by atoms with E-state index in [1.807, 2.05) is 0 Å². The molecule has 0 aromatic heterocycles. The van der Waals surface area contributed by atoms with E-state index >= 15 is 0 Å². The van der Waals surface area contributed by atoms with Crippen molar-refractivity contribution in [3.8, 4) is 0 Å². The van der Waals surface area contributed by atoms with Crippen LogP contribution < -0.4 is 0 Å². The summed E-state index contributed by atoms with van der Waals surface area (Å²) < 4.78 is 3.97. The van der Waals surface area contributed by atoms with Crippen molar-refractivity contribution in [2.24, 2.45) is 0 Å². The number of hydrogen-bond donors (Lipinski definition) is 3. The molecule has 1 aliphatic rings. The summed E-state index contributed by atoms with van der Waals surface area (Å²) in [5, 5.41) is 25.1. The molecule has 1 atom stereocenters. The average molecular weight is 556 g/mol. The molecule has 0 radical (unpaired) electrons. The average Bonchev–Trinajstić information content (AvgIpc) is 3.30. The quantitative estimate of drug-likeness (QED) is 0.0721. The van der Waals surface area contributed by atoms with Gasteiger partial charge in [-0.05, 0) is 71.5 Å². The Bertz CT molecular complexity index is 576. The summed E-state index contributed by atoms with van der Waals surface area (Å²) in [5.74, 6) is -1.16. The Kier molecular flexibility index (Phi) is 38.7. The highest BCUT2D eigenvalue weighted by atomic mass is 16.6. The van der Waals surface area contributed by atoms with Gasteiger partial charge in [-0.1, -0.05) is 90.5 Å². The van der Waals surface area contributed by atoms with Crippen LogP contribution in [0, 0.1) is 0 Å². The predicted molar refractivity (Wildman–Crippen MR) is 164 cm³/mol. The first-order chi connectivity index (χ1) is 18.8. The molecule has 1 rings (SSSR count). The third-order valence-corrected chi connectivity index (χ3v) is 5.80. The Labute approximate surface area is 240 Å². The molecule has 0 fully saturated rings. The van der Waals surface area contributed by atoms with Crippen LogP contribution in [0.3, 0.4) is 0 Å². The lowest BCUT2D eigenvalue weighted by molar-refractivity contribution is -0.150. The fourth-order valence-electron chi connectivity index (χ4n) is 3.26. The molecular weight excluding hydrogens is 494 g/mol. The van der Waals surface area contributed by atoms with Crippen LogP contribution in [0.5, 0.6) is 0 Å². The van der Waals surface area contributed by atoms with E-state index in [2.05, 4.69) is 61.6 Å². The first-order valence-corrected chi connectivity index (χ1v) is 15.2. The van der Waals surface area contributed by atoms with E-state index in [4.69, 9.17) is 15.3 Å². The summed E-state index contributed by atoms with van der Waals surface area (Å²) in [6.07, 6.45) is 26.5. The zero-order chi connectivity index (χ0) is 30.0. The van der Waals surface area contributed by atoms with Crippen molar-refractivity contribution in [1.29, 1.82) is 0 Å². The molecule has 0 saturated heterocycles. The van der Waals surface area contributed by atoms with E-state index in [0.29, 0.717) is 13.0 Å². The molecule has 0 bridgehead atoms. The second-order valence-electron chi connectivity index (χ2n) is 9.36. The molecule has 39 heavy (non-hydrogen) atoms. The molecule has 7 nitrogen and oxygen atoms in total. The largest absolute Gasteiger partial charge is 0.396 e. The monoisotopic (exact) mass is 555 g/mol. The topological polar surface area (TPSA) is 107 Å². The number of unbranched alkanes of at least 4 members (excludes halogenated alkanes) is 9. The van der Waals surface area contributed by atoms with Gasteiger partial charge in [0.2, 0.25) is 0 Å². The third-order valence-electron chi connectivity index (χ3n) is 5.80. The SMILES string of the molecule is CC(O)CCO.CCCCC/C=C\C/C=C\CCCCCCCCO.CCN(CC)CC.O=C1C=CC(=O)O1. The third kappa shape index (κ3) is 40.8. The Balaban J connectivity index is -0.000000525. The van der Waals surface area contributed by atoms with E-state index in [1.165, 1.54) is 83.8 Å². The van der Waals surface area contributed by atoms with Crippen LogP contribution in [0.1, 0.15) is 118 Å². The Morgan fingerprint density at radius 2 is 1.18 bits per heavy atom. The minimum absolute atomic E-state index is 0.0810. The minimum Gasteiger partial charge on any atom is -0.396 e. The molecule has 1 unspecified atom stereocenters. The maximum atomic E-state index is 9.92. The molecule has 0 amide bonds. The number of aliphatic hydroxyl groups is 3. The first-order valence-electron chi connectivity index (χ1n) is 15.2. The molecular formula is C32H61NO6. The summed E-state index contributed by atoms with van der Waals surface area (Å²) in [7, 11) is 0. The van der Waals surface area contributed by atoms with Crippen molar-refractivity contribution in [2.45, 2.75) is 124 Å².